The molecule has 0 aliphatic carbocycles. The number of hydrogen-bond donors (Lipinski definition) is 2. The zero-order valence-corrected chi connectivity index (χ0v) is 15.1. The van der Waals surface area contributed by atoms with E-state index in [0.29, 0.717) is 29.1 Å². The van der Waals surface area contributed by atoms with Gasteiger partial charge in [-0.3, -0.25) is 23.8 Å². The van der Waals surface area contributed by atoms with Gasteiger partial charge in [-0.1, -0.05) is 12.1 Å². The maximum atomic E-state index is 12.9. The number of piperazine rings is 1. The standard InChI is InChI=1S/C19H21N3O3S/c23-19(17-4-1-5-18-16(17)6-12-26(18,24)25)22-10-8-21(9-11-22)14-15-3-2-7-20-13-15/h1-7,12-13,24-25H,8-11,14H2. The first-order chi connectivity index (χ1) is 12.5. The molecule has 3 heterocycles. The van der Waals surface area contributed by atoms with Crippen LogP contribution < -0.4 is 0 Å². The summed E-state index contributed by atoms with van der Waals surface area (Å²) in [4.78, 5) is 21.7. The predicted molar refractivity (Wildman–Crippen MR) is 102 cm³/mol. The van der Waals surface area contributed by atoms with E-state index in [-0.39, 0.29) is 5.91 Å². The fourth-order valence-electron chi connectivity index (χ4n) is 3.43. The van der Waals surface area contributed by atoms with Gasteiger partial charge in [0.1, 0.15) is 0 Å². The van der Waals surface area contributed by atoms with E-state index in [0.717, 1.165) is 19.6 Å². The number of carbonyl (C=O) groups is 1. The van der Waals surface area contributed by atoms with Crippen molar-refractivity contribution in [2.24, 2.45) is 0 Å². The molecule has 6 nitrogen and oxygen atoms in total. The fraction of sp³-hybridized carbons (Fsp3) is 0.263. The average molecular weight is 371 g/mol. The van der Waals surface area contributed by atoms with E-state index in [2.05, 4.69) is 16.0 Å². The minimum absolute atomic E-state index is 0.0513. The molecule has 136 valence electrons. The molecule has 0 unspecified atom stereocenters. The molecule has 1 fully saturated rings. The SMILES string of the molecule is O=C(c1cccc2c1C=CS2(O)O)N1CCN(Cc2cccnc2)CC1. The lowest BCUT2D eigenvalue weighted by Gasteiger charge is -2.35. The van der Waals surface area contributed by atoms with E-state index in [9.17, 15) is 13.9 Å². The number of hydrogen-bond acceptors (Lipinski definition) is 5. The van der Waals surface area contributed by atoms with Crippen LogP contribution in [0.5, 0.6) is 0 Å². The molecule has 2 aliphatic heterocycles. The first-order valence-electron chi connectivity index (χ1n) is 8.54. The van der Waals surface area contributed by atoms with Gasteiger partial charge in [0.25, 0.3) is 5.91 Å². The molecule has 1 aromatic heterocycles. The van der Waals surface area contributed by atoms with Crippen molar-refractivity contribution in [2.45, 2.75) is 11.4 Å². The molecule has 2 N–H and O–H groups in total. The number of fused-ring (bicyclic) bond motifs is 1. The maximum Gasteiger partial charge on any atom is 0.254 e. The molecule has 2 aromatic rings. The van der Waals surface area contributed by atoms with Gasteiger partial charge in [-0.15, -0.1) is 10.6 Å². The molecular formula is C19H21N3O3S. The van der Waals surface area contributed by atoms with Crippen LogP contribution in [-0.4, -0.2) is 56.0 Å². The highest BCUT2D eigenvalue weighted by atomic mass is 32.3. The smallest absolute Gasteiger partial charge is 0.254 e. The second-order valence-electron chi connectivity index (χ2n) is 6.54. The monoisotopic (exact) mass is 371 g/mol. The summed E-state index contributed by atoms with van der Waals surface area (Å²) >= 11 is 0. The van der Waals surface area contributed by atoms with Crippen molar-refractivity contribution >= 4 is 22.6 Å². The molecule has 0 bridgehead atoms. The molecule has 4 rings (SSSR count). The normalized spacial score (nSPS) is 20.0. The van der Waals surface area contributed by atoms with Crippen molar-refractivity contribution in [2.75, 3.05) is 26.2 Å². The van der Waals surface area contributed by atoms with Gasteiger partial charge in [0.2, 0.25) is 0 Å². The van der Waals surface area contributed by atoms with Gasteiger partial charge in [0.05, 0.1) is 4.90 Å². The Hall–Kier alpha value is -2.19. The quantitative estimate of drug-likeness (QED) is 0.867. The lowest BCUT2D eigenvalue weighted by Crippen LogP contribution is -2.48. The van der Waals surface area contributed by atoms with Gasteiger partial charge >= 0.3 is 0 Å². The second-order valence-corrected chi connectivity index (χ2v) is 8.44. The van der Waals surface area contributed by atoms with Crippen molar-refractivity contribution in [1.82, 2.24) is 14.8 Å². The average Bonchev–Trinajstić information content (AvgIpc) is 2.98. The molecule has 0 radical (unpaired) electrons. The summed E-state index contributed by atoms with van der Waals surface area (Å²) in [5.41, 5.74) is 2.34. The van der Waals surface area contributed by atoms with Crippen LogP contribution in [0.25, 0.3) is 6.08 Å². The minimum atomic E-state index is -2.90. The summed E-state index contributed by atoms with van der Waals surface area (Å²) in [5.74, 6) is -0.0513. The fourth-order valence-corrected chi connectivity index (χ4v) is 4.68. The lowest BCUT2D eigenvalue weighted by molar-refractivity contribution is 0.0628. The van der Waals surface area contributed by atoms with E-state index >= 15 is 0 Å². The van der Waals surface area contributed by atoms with E-state index in [1.165, 1.54) is 11.0 Å². The number of nitrogens with zero attached hydrogens (tertiary/aromatic N) is 3. The first kappa shape index (κ1) is 17.2. The summed E-state index contributed by atoms with van der Waals surface area (Å²) in [6.07, 6.45) is 5.29. The van der Waals surface area contributed by atoms with Crippen LogP contribution in [0.1, 0.15) is 21.5 Å². The Balaban J connectivity index is 1.44. The zero-order chi connectivity index (χ0) is 18.1. The highest BCUT2D eigenvalue weighted by Crippen LogP contribution is 2.56. The largest absolute Gasteiger partial charge is 0.336 e. The number of rotatable bonds is 3. The van der Waals surface area contributed by atoms with E-state index in [1.807, 2.05) is 17.2 Å². The molecule has 7 heteroatoms. The summed E-state index contributed by atoms with van der Waals surface area (Å²) < 4.78 is 20.1. The maximum absolute atomic E-state index is 12.9. The Labute approximate surface area is 154 Å². The number of carbonyl (C=O) groups excluding carboxylic acids is 1. The molecule has 1 amide bonds. The predicted octanol–water partition coefficient (Wildman–Crippen LogP) is 3.13. The summed E-state index contributed by atoms with van der Waals surface area (Å²) in [6.45, 7) is 3.76. The van der Waals surface area contributed by atoms with E-state index in [1.54, 1.807) is 30.5 Å². The topological polar surface area (TPSA) is 76.9 Å². The van der Waals surface area contributed by atoms with Crippen molar-refractivity contribution in [3.8, 4) is 0 Å². The number of pyridine rings is 1. The molecule has 2 aliphatic rings. The van der Waals surface area contributed by atoms with Crippen molar-refractivity contribution in [3.05, 3.63) is 64.8 Å². The number of amides is 1. The molecular weight excluding hydrogens is 350 g/mol. The van der Waals surface area contributed by atoms with Crippen molar-refractivity contribution in [1.29, 1.82) is 0 Å². The van der Waals surface area contributed by atoms with Gasteiger partial charge in [-0.2, -0.15) is 0 Å². The highest BCUT2D eigenvalue weighted by Gasteiger charge is 2.29. The first-order valence-corrected chi connectivity index (χ1v) is 10.2. The van der Waals surface area contributed by atoms with E-state index < -0.39 is 10.6 Å². The van der Waals surface area contributed by atoms with Crippen LogP contribution in [-0.2, 0) is 6.54 Å². The summed E-state index contributed by atoms with van der Waals surface area (Å²) in [6, 6.07) is 9.14. The van der Waals surface area contributed by atoms with Gasteiger partial charge < -0.3 is 4.90 Å². The Morgan fingerprint density at radius 1 is 1.12 bits per heavy atom. The Kier molecular flexibility index (Phi) is 4.54. The third-order valence-electron chi connectivity index (χ3n) is 4.83. The third-order valence-corrected chi connectivity index (χ3v) is 6.35. The van der Waals surface area contributed by atoms with Crippen LogP contribution in [0.2, 0.25) is 0 Å². The molecule has 1 aromatic carbocycles. The van der Waals surface area contributed by atoms with E-state index in [4.69, 9.17) is 0 Å². The Morgan fingerprint density at radius 3 is 2.65 bits per heavy atom. The van der Waals surface area contributed by atoms with Gasteiger partial charge in [-0.25, -0.2) is 0 Å². The second kappa shape index (κ2) is 6.85. The van der Waals surface area contributed by atoms with Crippen LogP contribution in [0.15, 0.2) is 53.0 Å². The minimum Gasteiger partial charge on any atom is -0.336 e. The molecule has 0 atom stereocenters. The number of aromatic nitrogens is 1. The molecule has 26 heavy (non-hydrogen) atoms. The van der Waals surface area contributed by atoms with Crippen molar-refractivity contribution < 1.29 is 13.9 Å². The Bertz CT molecular complexity index is 846. The van der Waals surface area contributed by atoms with Crippen molar-refractivity contribution in [3.63, 3.8) is 0 Å². The van der Waals surface area contributed by atoms with Gasteiger partial charge in [0.15, 0.2) is 0 Å². The van der Waals surface area contributed by atoms with Crippen LogP contribution >= 0.6 is 10.6 Å². The molecule has 1 saturated heterocycles. The van der Waals surface area contributed by atoms with Crippen LogP contribution in [0.3, 0.4) is 0 Å². The molecule has 0 spiro atoms. The zero-order valence-electron chi connectivity index (χ0n) is 14.3. The van der Waals surface area contributed by atoms with Gasteiger partial charge in [0, 0.05) is 61.7 Å². The Morgan fingerprint density at radius 2 is 1.92 bits per heavy atom. The highest BCUT2D eigenvalue weighted by molar-refractivity contribution is 8.27. The van der Waals surface area contributed by atoms with Crippen LogP contribution in [0.4, 0.5) is 0 Å². The van der Waals surface area contributed by atoms with Gasteiger partial charge in [-0.05, 0) is 29.8 Å². The number of benzene rings is 1. The molecule has 0 saturated carbocycles. The van der Waals surface area contributed by atoms with Crippen LogP contribution in [0, 0.1) is 0 Å². The summed E-state index contributed by atoms with van der Waals surface area (Å²) in [5, 5.41) is 1.39. The lowest BCUT2D eigenvalue weighted by atomic mass is 10.1. The summed E-state index contributed by atoms with van der Waals surface area (Å²) in [7, 11) is -2.90. The third kappa shape index (κ3) is 3.26.